The molecule has 4 rings (SSSR count). The zero-order chi connectivity index (χ0) is 25.8. The number of esters is 1. The van der Waals surface area contributed by atoms with Gasteiger partial charge in [-0.3, -0.25) is 34.7 Å². The molecule has 1 saturated heterocycles. The molecule has 3 aromatic carbocycles. The zero-order valence-corrected chi connectivity index (χ0v) is 19.0. The summed E-state index contributed by atoms with van der Waals surface area (Å²) in [5, 5.41) is 21.4. The minimum atomic E-state index is -0.700. The van der Waals surface area contributed by atoms with Gasteiger partial charge >= 0.3 is 5.97 Å². The van der Waals surface area contributed by atoms with Gasteiger partial charge in [0.1, 0.15) is 5.75 Å². The lowest BCUT2D eigenvalue weighted by molar-refractivity contribution is -0.385. The number of para-hydroxylation sites is 1. The standard InChI is InChI=1S/C24H15N3O8S/c28-22-21(36-24(30)25(22)14-17-3-1-2-4-20(17)27(33)34)13-15-5-11-19(12-6-15)35-23(29)16-7-9-18(10-8-16)26(31)32/h1-13H,14H2/b21-13-. The Morgan fingerprint density at radius 1 is 0.917 bits per heavy atom. The Balaban J connectivity index is 1.44. The maximum absolute atomic E-state index is 12.8. The van der Waals surface area contributed by atoms with Crippen LogP contribution in [0.4, 0.5) is 16.2 Å². The van der Waals surface area contributed by atoms with Crippen molar-refractivity contribution in [2.75, 3.05) is 0 Å². The van der Waals surface area contributed by atoms with Crippen molar-refractivity contribution in [3.05, 3.63) is 115 Å². The highest BCUT2D eigenvalue weighted by Crippen LogP contribution is 2.34. The highest BCUT2D eigenvalue weighted by molar-refractivity contribution is 8.18. The molecule has 0 bridgehead atoms. The summed E-state index contributed by atoms with van der Waals surface area (Å²) in [4.78, 5) is 59.3. The second-order valence-corrected chi connectivity index (χ2v) is 8.41. The van der Waals surface area contributed by atoms with Gasteiger partial charge in [0, 0.05) is 23.8 Å². The number of rotatable bonds is 7. The number of amides is 2. The van der Waals surface area contributed by atoms with Gasteiger partial charge in [0.25, 0.3) is 22.5 Å². The molecule has 1 fully saturated rings. The number of nitrogens with zero attached hydrogens (tertiary/aromatic N) is 3. The molecule has 0 N–H and O–H groups in total. The number of thioether (sulfide) groups is 1. The van der Waals surface area contributed by atoms with Crippen molar-refractivity contribution in [1.29, 1.82) is 0 Å². The number of hydrogen-bond acceptors (Lipinski definition) is 9. The second kappa shape index (κ2) is 10.2. The number of nitro groups is 2. The summed E-state index contributed by atoms with van der Waals surface area (Å²) in [5.74, 6) is -1.06. The van der Waals surface area contributed by atoms with Gasteiger partial charge in [-0.1, -0.05) is 30.3 Å². The van der Waals surface area contributed by atoms with Gasteiger partial charge in [-0.2, -0.15) is 0 Å². The Hall–Kier alpha value is -4.84. The smallest absolute Gasteiger partial charge is 0.343 e. The first-order valence-corrected chi connectivity index (χ1v) is 11.1. The minimum Gasteiger partial charge on any atom is -0.423 e. The molecule has 2 amide bonds. The number of carbonyl (C=O) groups excluding carboxylic acids is 3. The Bertz CT molecular complexity index is 1420. The molecule has 0 spiro atoms. The summed E-state index contributed by atoms with van der Waals surface area (Å²) in [7, 11) is 0. The first-order chi connectivity index (χ1) is 17.2. The fourth-order valence-corrected chi connectivity index (χ4v) is 4.14. The number of nitro benzene ring substituents is 2. The predicted octanol–water partition coefficient (Wildman–Crippen LogP) is 4.96. The molecule has 0 radical (unpaired) electrons. The Kier molecular flexibility index (Phi) is 6.88. The summed E-state index contributed by atoms with van der Waals surface area (Å²) < 4.78 is 5.26. The Labute approximate surface area is 207 Å². The van der Waals surface area contributed by atoms with Crippen LogP contribution in [0, 0.1) is 20.2 Å². The van der Waals surface area contributed by atoms with Gasteiger partial charge < -0.3 is 4.74 Å². The third-order valence-corrected chi connectivity index (χ3v) is 6.00. The van der Waals surface area contributed by atoms with E-state index in [1.807, 2.05) is 0 Å². The lowest BCUT2D eigenvalue weighted by Gasteiger charge is -2.12. The fraction of sp³-hybridized carbons (Fsp3) is 0.0417. The first kappa shape index (κ1) is 24.3. The SMILES string of the molecule is O=C(Oc1ccc(/C=C2\SC(=O)N(Cc3ccccc3[N+](=O)[O-])C2=O)cc1)c1ccc([N+](=O)[O-])cc1. The van der Waals surface area contributed by atoms with E-state index < -0.39 is 27.0 Å². The first-order valence-electron chi connectivity index (χ1n) is 10.3. The fourth-order valence-electron chi connectivity index (χ4n) is 3.30. The molecule has 0 atom stereocenters. The zero-order valence-electron chi connectivity index (χ0n) is 18.2. The molecule has 0 aliphatic carbocycles. The van der Waals surface area contributed by atoms with Gasteiger partial charge in [-0.05, 0) is 47.7 Å². The number of carbonyl (C=O) groups is 3. The molecule has 36 heavy (non-hydrogen) atoms. The van der Waals surface area contributed by atoms with E-state index in [1.165, 1.54) is 60.7 Å². The van der Waals surface area contributed by atoms with E-state index in [-0.39, 0.29) is 39.7 Å². The van der Waals surface area contributed by atoms with E-state index in [4.69, 9.17) is 4.74 Å². The van der Waals surface area contributed by atoms with E-state index in [9.17, 15) is 34.6 Å². The lowest BCUT2D eigenvalue weighted by Crippen LogP contribution is -2.27. The number of imide groups is 1. The van der Waals surface area contributed by atoms with Crippen LogP contribution in [-0.2, 0) is 11.3 Å². The minimum absolute atomic E-state index is 0.136. The van der Waals surface area contributed by atoms with Crippen molar-refractivity contribution in [3.8, 4) is 5.75 Å². The number of ether oxygens (including phenoxy) is 1. The Morgan fingerprint density at radius 3 is 2.22 bits per heavy atom. The second-order valence-electron chi connectivity index (χ2n) is 7.42. The summed E-state index contributed by atoms with van der Waals surface area (Å²) >= 11 is 0.721. The van der Waals surface area contributed by atoms with Crippen LogP contribution in [0.15, 0.2) is 77.7 Å². The third kappa shape index (κ3) is 5.28. The average Bonchev–Trinajstić information content (AvgIpc) is 3.12. The van der Waals surface area contributed by atoms with Crippen molar-refractivity contribution in [3.63, 3.8) is 0 Å². The van der Waals surface area contributed by atoms with Crippen LogP contribution in [0.25, 0.3) is 6.08 Å². The highest BCUT2D eigenvalue weighted by atomic mass is 32.2. The summed E-state index contributed by atoms with van der Waals surface area (Å²) in [6.45, 7) is -0.226. The van der Waals surface area contributed by atoms with Crippen LogP contribution in [0.3, 0.4) is 0 Å². The Morgan fingerprint density at radius 2 is 1.58 bits per heavy atom. The molecule has 1 aliphatic rings. The molecule has 3 aromatic rings. The maximum Gasteiger partial charge on any atom is 0.343 e. The summed E-state index contributed by atoms with van der Waals surface area (Å²) in [5.41, 5.74) is 0.602. The van der Waals surface area contributed by atoms with Gasteiger partial charge in [-0.15, -0.1) is 0 Å². The van der Waals surface area contributed by atoms with Gasteiger partial charge in [0.15, 0.2) is 0 Å². The molecule has 0 aromatic heterocycles. The van der Waals surface area contributed by atoms with Crippen LogP contribution in [-0.4, -0.2) is 31.9 Å². The lowest BCUT2D eigenvalue weighted by atomic mass is 10.1. The molecular formula is C24H15N3O8S. The van der Waals surface area contributed by atoms with Crippen LogP contribution in [0.1, 0.15) is 21.5 Å². The van der Waals surface area contributed by atoms with Gasteiger partial charge in [0.05, 0.1) is 26.9 Å². The molecule has 0 saturated carbocycles. The number of non-ortho nitro benzene ring substituents is 1. The highest BCUT2D eigenvalue weighted by Gasteiger charge is 2.36. The largest absolute Gasteiger partial charge is 0.423 e. The number of hydrogen-bond donors (Lipinski definition) is 0. The van der Waals surface area contributed by atoms with Gasteiger partial charge in [-0.25, -0.2) is 4.79 Å². The monoisotopic (exact) mass is 505 g/mol. The van der Waals surface area contributed by atoms with Gasteiger partial charge in [0.2, 0.25) is 0 Å². The third-order valence-electron chi connectivity index (χ3n) is 5.09. The van der Waals surface area contributed by atoms with Crippen LogP contribution < -0.4 is 4.74 Å². The van der Waals surface area contributed by atoms with Crippen molar-refractivity contribution < 1.29 is 29.0 Å². The average molecular weight is 505 g/mol. The van der Waals surface area contributed by atoms with Crippen molar-refractivity contribution >= 4 is 46.3 Å². The van der Waals surface area contributed by atoms with Crippen LogP contribution in [0.2, 0.25) is 0 Å². The van der Waals surface area contributed by atoms with Crippen molar-refractivity contribution in [2.45, 2.75) is 6.54 Å². The van der Waals surface area contributed by atoms with Crippen LogP contribution >= 0.6 is 11.8 Å². The quantitative estimate of drug-likeness (QED) is 0.143. The van der Waals surface area contributed by atoms with E-state index in [0.29, 0.717) is 5.56 Å². The normalized spacial score (nSPS) is 14.2. The van der Waals surface area contributed by atoms with Crippen LogP contribution in [0.5, 0.6) is 5.75 Å². The maximum atomic E-state index is 12.8. The van der Waals surface area contributed by atoms with E-state index in [0.717, 1.165) is 16.7 Å². The molecular weight excluding hydrogens is 490 g/mol. The van der Waals surface area contributed by atoms with Crippen molar-refractivity contribution in [1.82, 2.24) is 4.90 Å². The van der Waals surface area contributed by atoms with E-state index >= 15 is 0 Å². The molecule has 12 heteroatoms. The summed E-state index contributed by atoms with van der Waals surface area (Å²) in [6.07, 6.45) is 1.49. The topological polar surface area (TPSA) is 150 Å². The molecule has 1 aliphatic heterocycles. The molecule has 0 unspecified atom stereocenters. The van der Waals surface area contributed by atoms with E-state index in [2.05, 4.69) is 0 Å². The molecule has 11 nitrogen and oxygen atoms in total. The molecule has 180 valence electrons. The number of benzene rings is 3. The van der Waals surface area contributed by atoms with Crippen molar-refractivity contribution in [2.24, 2.45) is 0 Å². The molecule has 1 heterocycles. The van der Waals surface area contributed by atoms with E-state index in [1.54, 1.807) is 18.2 Å². The summed E-state index contributed by atoms with van der Waals surface area (Å²) in [6, 6.07) is 17.0. The predicted molar refractivity (Wildman–Crippen MR) is 129 cm³/mol.